The largest absolute Gasteiger partial charge is 0.454 e. The predicted molar refractivity (Wildman–Crippen MR) is 139 cm³/mol. The monoisotopic (exact) mass is 601 g/mol. The van der Waals surface area contributed by atoms with E-state index < -0.39 is 0 Å². The second-order valence-corrected chi connectivity index (χ2v) is 10.2. The molecule has 0 fully saturated rings. The average molecular weight is 603 g/mol. The van der Waals surface area contributed by atoms with Crippen molar-refractivity contribution < 1.29 is 14.3 Å². The molecule has 0 atom stereocenters. The fourth-order valence-corrected chi connectivity index (χ4v) is 5.47. The van der Waals surface area contributed by atoms with Crippen molar-refractivity contribution in [1.82, 2.24) is 9.55 Å². The van der Waals surface area contributed by atoms with Crippen molar-refractivity contribution in [2.75, 3.05) is 17.9 Å². The van der Waals surface area contributed by atoms with Gasteiger partial charge in [0.2, 0.25) is 12.7 Å². The zero-order valence-electron chi connectivity index (χ0n) is 17.6. The molecule has 2 heterocycles. The second kappa shape index (κ2) is 9.81. The summed E-state index contributed by atoms with van der Waals surface area (Å²) < 4.78 is 14.1. The highest BCUT2D eigenvalue weighted by Crippen LogP contribution is 2.33. The van der Waals surface area contributed by atoms with Gasteiger partial charge in [0.1, 0.15) is 0 Å². The van der Waals surface area contributed by atoms with Crippen LogP contribution in [0.15, 0.2) is 79.6 Å². The van der Waals surface area contributed by atoms with Crippen LogP contribution in [-0.2, 0) is 11.3 Å². The summed E-state index contributed by atoms with van der Waals surface area (Å²) in [5, 5.41) is 3.87. The summed E-state index contributed by atoms with van der Waals surface area (Å²) in [4.78, 5) is 30.7. The molecule has 7 nitrogen and oxygen atoms in total. The van der Waals surface area contributed by atoms with Crippen molar-refractivity contribution in [3.8, 4) is 11.5 Å². The van der Waals surface area contributed by atoms with E-state index in [1.807, 2.05) is 42.5 Å². The van der Waals surface area contributed by atoms with Gasteiger partial charge >= 0.3 is 0 Å². The highest BCUT2D eigenvalue weighted by molar-refractivity contribution is 9.11. The van der Waals surface area contributed by atoms with Crippen LogP contribution in [0.4, 0.5) is 5.69 Å². The molecule has 172 valence electrons. The molecule has 34 heavy (non-hydrogen) atoms. The summed E-state index contributed by atoms with van der Waals surface area (Å²) in [6.07, 6.45) is 0. The normalized spacial score (nSPS) is 12.2. The molecule has 1 aliphatic rings. The Hall–Kier alpha value is -2.82. The van der Waals surface area contributed by atoms with Gasteiger partial charge in [-0.15, -0.1) is 0 Å². The first-order valence-corrected chi connectivity index (χ1v) is 12.8. The number of hydrogen-bond donors (Lipinski definition) is 1. The van der Waals surface area contributed by atoms with Gasteiger partial charge in [-0.25, -0.2) is 4.98 Å². The molecule has 1 N–H and O–H groups in total. The molecule has 1 aromatic heterocycles. The fourth-order valence-electron chi connectivity index (χ4n) is 3.53. The van der Waals surface area contributed by atoms with E-state index in [1.54, 1.807) is 22.8 Å². The third-order valence-corrected chi connectivity index (χ3v) is 7.27. The van der Waals surface area contributed by atoms with Gasteiger partial charge in [0.05, 0.1) is 28.9 Å². The van der Waals surface area contributed by atoms with Gasteiger partial charge in [-0.1, -0.05) is 45.9 Å². The standard InChI is InChI=1S/C24H17Br2N3O4S/c25-15-6-7-19(17(26)10-15)27-22(30)12-34-24-28-18-4-2-1-3-16(18)23(31)29(24)11-14-5-8-20-21(9-14)33-13-32-20/h1-10H,11-13H2,(H,27,30). The van der Waals surface area contributed by atoms with E-state index >= 15 is 0 Å². The Morgan fingerprint density at radius 1 is 1.06 bits per heavy atom. The van der Waals surface area contributed by atoms with Gasteiger partial charge in [-0.2, -0.15) is 0 Å². The maximum absolute atomic E-state index is 13.3. The van der Waals surface area contributed by atoms with Crippen molar-refractivity contribution in [3.05, 3.63) is 85.5 Å². The third kappa shape index (κ3) is 4.84. The Labute approximate surface area is 215 Å². The van der Waals surface area contributed by atoms with Crippen molar-refractivity contribution in [3.63, 3.8) is 0 Å². The summed E-state index contributed by atoms with van der Waals surface area (Å²) in [5.41, 5.74) is 1.96. The summed E-state index contributed by atoms with van der Waals surface area (Å²) >= 11 is 8.07. The summed E-state index contributed by atoms with van der Waals surface area (Å²) in [7, 11) is 0. The van der Waals surface area contributed by atoms with E-state index in [-0.39, 0.29) is 30.6 Å². The minimum Gasteiger partial charge on any atom is -0.454 e. The average Bonchev–Trinajstić information content (AvgIpc) is 3.30. The highest BCUT2D eigenvalue weighted by Gasteiger charge is 2.17. The number of nitrogens with zero attached hydrogens (tertiary/aromatic N) is 2. The summed E-state index contributed by atoms with van der Waals surface area (Å²) in [5.74, 6) is 1.21. The Kier molecular flexibility index (Phi) is 6.62. The van der Waals surface area contributed by atoms with Crippen LogP contribution < -0.4 is 20.3 Å². The molecule has 10 heteroatoms. The van der Waals surface area contributed by atoms with Gasteiger partial charge < -0.3 is 14.8 Å². The molecule has 0 saturated heterocycles. The Balaban J connectivity index is 1.42. The maximum atomic E-state index is 13.3. The smallest absolute Gasteiger partial charge is 0.262 e. The van der Waals surface area contributed by atoms with Gasteiger partial charge in [0.25, 0.3) is 5.56 Å². The van der Waals surface area contributed by atoms with Crippen LogP contribution in [0, 0.1) is 0 Å². The topological polar surface area (TPSA) is 82.5 Å². The number of carbonyl (C=O) groups is 1. The molecule has 1 amide bonds. The third-order valence-electron chi connectivity index (χ3n) is 5.14. The number of amides is 1. The predicted octanol–water partition coefficient (Wildman–Crippen LogP) is 5.43. The van der Waals surface area contributed by atoms with Crippen molar-refractivity contribution in [1.29, 1.82) is 0 Å². The van der Waals surface area contributed by atoms with Crippen LogP contribution in [0.3, 0.4) is 0 Å². The number of rotatable bonds is 6. The minimum absolute atomic E-state index is 0.0917. The molecular weight excluding hydrogens is 586 g/mol. The molecule has 5 rings (SSSR count). The Bertz CT molecular complexity index is 1470. The van der Waals surface area contributed by atoms with E-state index in [1.165, 1.54) is 11.8 Å². The first-order valence-electron chi connectivity index (χ1n) is 10.2. The second-order valence-electron chi connectivity index (χ2n) is 7.45. The van der Waals surface area contributed by atoms with Gasteiger partial charge in [-0.3, -0.25) is 14.2 Å². The Morgan fingerprint density at radius 2 is 1.88 bits per heavy atom. The molecule has 0 bridgehead atoms. The lowest BCUT2D eigenvalue weighted by atomic mass is 10.2. The lowest BCUT2D eigenvalue weighted by molar-refractivity contribution is -0.113. The van der Waals surface area contributed by atoms with Crippen LogP contribution in [-0.4, -0.2) is 28.0 Å². The van der Waals surface area contributed by atoms with Crippen LogP contribution in [0.1, 0.15) is 5.56 Å². The fraction of sp³-hybridized carbons (Fsp3) is 0.125. The highest BCUT2D eigenvalue weighted by atomic mass is 79.9. The molecule has 0 unspecified atom stereocenters. The number of ether oxygens (including phenoxy) is 2. The number of nitrogens with one attached hydrogen (secondary N) is 1. The first-order chi connectivity index (χ1) is 16.5. The number of aromatic nitrogens is 2. The lowest BCUT2D eigenvalue weighted by Gasteiger charge is -2.14. The van der Waals surface area contributed by atoms with Crippen molar-refractivity contribution in [2.24, 2.45) is 0 Å². The number of fused-ring (bicyclic) bond motifs is 2. The molecule has 1 aliphatic heterocycles. The quantitative estimate of drug-likeness (QED) is 0.234. The van der Waals surface area contributed by atoms with E-state index in [9.17, 15) is 9.59 Å². The number of halogens is 2. The van der Waals surface area contributed by atoms with Gasteiger partial charge in [-0.05, 0) is 64.0 Å². The molecule has 0 saturated carbocycles. The summed E-state index contributed by atoms with van der Waals surface area (Å²) in [6.45, 7) is 0.469. The Morgan fingerprint density at radius 3 is 2.74 bits per heavy atom. The van der Waals surface area contributed by atoms with Crippen LogP contribution in [0.2, 0.25) is 0 Å². The molecule has 0 radical (unpaired) electrons. The molecule has 0 aliphatic carbocycles. The van der Waals surface area contributed by atoms with Crippen molar-refractivity contribution in [2.45, 2.75) is 11.7 Å². The number of benzene rings is 3. The zero-order valence-corrected chi connectivity index (χ0v) is 21.6. The van der Waals surface area contributed by atoms with Crippen molar-refractivity contribution >= 4 is 66.1 Å². The zero-order chi connectivity index (χ0) is 23.7. The van der Waals surface area contributed by atoms with E-state index in [2.05, 4.69) is 42.2 Å². The van der Waals surface area contributed by atoms with Crippen LogP contribution >= 0.6 is 43.6 Å². The lowest BCUT2D eigenvalue weighted by Crippen LogP contribution is -2.25. The number of thioether (sulfide) groups is 1. The maximum Gasteiger partial charge on any atom is 0.262 e. The first kappa shape index (κ1) is 22.9. The molecular formula is C24H17Br2N3O4S. The summed E-state index contributed by atoms with van der Waals surface area (Å²) in [6, 6.07) is 18.3. The minimum atomic E-state index is -0.204. The van der Waals surface area contributed by atoms with E-state index in [0.29, 0.717) is 33.2 Å². The number of anilines is 1. The van der Waals surface area contributed by atoms with Gasteiger partial charge in [0, 0.05) is 8.95 Å². The molecule has 4 aromatic rings. The van der Waals surface area contributed by atoms with Crippen LogP contribution in [0.5, 0.6) is 11.5 Å². The molecule has 0 spiro atoms. The molecule has 3 aromatic carbocycles. The number of hydrogen-bond acceptors (Lipinski definition) is 6. The van der Waals surface area contributed by atoms with Gasteiger partial charge in [0.15, 0.2) is 16.7 Å². The number of para-hydroxylation sites is 1. The van der Waals surface area contributed by atoms with E-state index in [0.717, 1.165) is 14.5 Å². The van der Waals surface area contributed by atoms with Crippen LogP contribution in [0.25, 0.3) is 10.9 Å². The number of carbonyl (C=O) groups excluding carboxylic acids is 1. The van der Waals surface area contributed by atoms with E-state index in [4.69, 9.17) is 9.47 Å². The SMILES string of the molecule is O=C(CSc1nc2ccccc2c(=O)n1Cc1ccc2c(c1)OCO2)Nc1ccc(Br)cc1Br.